The van der Waals surface area contributed by atoms with E-state index < -0.39 is 0 Å². The fraction of sp³-hybridized carbons (Fsp3) is 0.409. The predicted octanol–water partition coefficient (Wildman–Crippen LogP) is 3.79. The van der Waals surface area contributed by atoms with Gasteiger partial charge in [0.2, 0.25) is 0 Å². The minimum atomic E-state index is -0.271. The number of aliphatic hydroxyl groups excluding tert-OH is 1. The van der Waals surface area contributed by atoms with E-state index in [1.54, 1.807) is 6.20 Å². The van der Waals surface area contributed by atoms with E-state index in [9.17, 15) is 5.11 Å². The normalized spacial score (nSPS) is 19.9. The summed E-state index contributed by atoms with van der Waals surface area (Å²) >= 11 is 0. The molecular formula is C22H26N4O2. The van der Waals surface area contributed by atoms with Crippen molar-refractivity contribution in [1.82, 2.24) is 15.1 Å². The summed E-state index contributed by atoms with van der Waals surface area (Å²) in [5, 5.41) is 14.3. The molecule has 1 fully saturated rings. The zero-order chi connectivity index (χ0) is 19.6. The number of hydrogen-bond acceptors (Lipinski definition) is 6. The van der Waals surface area contributed by atoms with Gasteiger partial charge in [0.25, 0.3) is 5.89 Å². The lowest BCUT2D eigenvalue weighted by molar-refractivity contribution is 0.172. The highest BCUT2D eigenvalue weighted by molar-refractivity contribution is 5.59. The molecule has 6 nitrogen and oxygen atoms in total. The number of rotatable bonds is 5. The summed E-state index contributed by atoms with van der Waals surface area (Å²) in [6.45, 7) is 5.84. The number of aromatic nitrogens is 3. The first-order valence-corrected chi connectivity index (χ1v) is 9.83. The summed E-state index contributed by atoms with van der Waals surface area (Å²) in [5.74, 6) is 2.31. The maximum Gasteiger partial charge on any atom is 0.258 e. The van der Waals surface area contributed by atoms with Crippen LogP contribution in [0.3, 0.4) is 0 Å². The van der Waals surface area contributed by atoms with Crippen LogP contribution in [0.1, 0.15) is 44.0 Å². The second-order valence-corrected chi connectivity index (χ2v) is 7.84. The van der Waals surface area contributed by atoms with E-state index in [1.165, 1.54) is 5.56 Å². The van der Waals surface area contributed by atoms with Gasteiger partial charge in [-0.25, -0.2) is 4.98 Å². The molecule has 0 spiro atoms. The van der Waals surface area contributed by atoms with E-state index in [4.69, 9.17) is 4.52 Å². The van der Waals surface area contributed by atoms with Gasteiger partial charge in [0, 0.05) is 36.2 Å². The Labute approximate surface area is 165 Å². The Morgan fingerprint density at radius 3 is 2.75 bits per heavy atom. The molecule has 0 amide bonds. The van der Waals surface area contributed by atoms with E-state index in [0.717, 1.165) is 37.3 Å². The lowest BCUT2D eigenvalue weighted by Gasteiger charge is -2.42. The average molecular weight is 378 g/mol. The zero-order valence-corrected chi connectivity index (χ0v) is 16.4. The highest BCUT2D eigenvalue weighted by atomic mass is 16.5. The fourth-order valence-electron chi connectivity index (χ4n) is 3.89. The Kier molecular flexibility index (Phi) is 5.13. The molecule has 28 heavy (non-hydrogen) atoms. The Morgan fingerprint density at radius 2 is 2.04 bits per heavy atom. The van der Waals surface area contributed by atoms with E-state index in [0.29, 0.717) is 11.7 Å². The van der Waals surface area contributed by atoms with Crippen molar-refractivity contribution in [2.24, 2.45) is 0 Å². The molecule has 0 unspecified atom stereocenters. The highest BCUT2D eigenvalue weighted by Crippen LogP contribution is 2.36. The minimum absolute atomic E-state index is 0.120. The first kappa shape index (κ1) is 18.6. The molecule has 1 aliphatic heterocycles. The summed E-state index contributed by atoms with van der Waals surface area (Å²) in [6, 6.07) is 14.2. The molecule has 2 aromatic heterocycles. The van der Waals surface area contributed by atoms with E-state index in [2.05, 4.69) is 32.2 Å². The molecule has 4 rings (SSSR count). The molecule has 1 aromatic carbocycles. The van der Waals surface area contributed by atoms with E-state index in [-0.39, 0.29) is 17.9 Å². The van der Waals surface area contributed by atoms with Crippen molar-refractivity contribution in [2.45, 2.75) is 38.0 Å². The molecule has 3 heterocycles. The fourth-order valence-corrected chi connectivity index (χ4v) is 3.89. The second kappa shape index (κ2) is 7.72. The van der Waals surface area contributed by atoms with Crippen LogP contribution >= 0.6 is 0 Å². The molecule has 1 N–H and O–H groups in total. The number of pyridine rings is 1. The number of piperidine rings is 1. The third-order valence-electron chi connectivity index (χ3n) is 5.54. The Balaban J connectivity index is 1.62. The zero-order valence-electron chi connectivity index (χ0n) is 16.4. The Bertz CT molecular complexity index is 925. The summed E-state index contributed by atoms with van der Waals surface area (Å²) in [6.07, 6.45) is 3.74. The summed E-state index contributed by atoms with van der Waals surface area (Å²) in [7, 11) is 0. The predicted molar refractivity (Wildman–Crippen MR) is 108 cm³/mol. The molecular weight excluding hydrogens is 352 g/mol. The van der Waals surface area contributed by atoms with Crippen molar-refractivity contribution in [1.29, 1.82) is 0 Å². The van der Waals surface area contributed by atoms with Crippen molar-refractivity contribution >= 4 is 5.82 Å². The van der Waals surface area contributed by atoms with Crippen molar-refractivity contribution < 1.29 is 9.63 Å². The largest absolute Gasteiger partial charge is 0.395 e. The lowest BCUT2D eigenvalue weighted by atomic mass is 9.75. The van der Waals surface area contributed by atoms with Gasteiger partial charge in [0.15, 0.2) is 5.82 Å². The van der Waals surface area contributed by atoms with Gasteiger partial charge in [-0.1, -0.05) is 49.3 Å². The number of nitrogens with zero attached hydrogens (tertiary/aromatic N) is 4. The number of anilines is 1. The van der Waals surface area contributed by atoms with Crippen LogP contribution in [0.25, 0.3) is 11.5 Å². The van der Waals surface area contributed by atoms with Gasteiger partial charge >= 0.3 is 0 Å². The van der Waals surface area contributed by atoms with Gasteiger partial charge in [-0.05, 0) is 30.5 Å². The molecule has 1 saturated heterocycles. The van der Waals surface area contributed by atoms with Gasteiger partial charge in [-0.2, -0.15) is 4.98 Å². The first-order valence-electron chi connectivity index (χ1n) is 9.83. The third kappa shape index (κ3) is 3.52. The van der Waals surface area contributed by atoms with Crippen molar-refractivity contribution in [2.75, 3.05) is 24.6 Å². The van der Waals surface area contributed by atoms with E-state index in [1.807, 2.05) is 44.2 Å². The highest BCUT2D eigenvalue weighted by Gasteiger charge is 2.37. The monoisotopic (exact) mass is 378 g/mol. The molecule has 1 aliphatic rings. The smallest absolute Gasteiger partial charge is 0.258 e. The van der Waals surface area contributed by atoms with Gasteiger partial charge in [-0.3, -0.25) is 0 Å². The topological polar surface area (TPSA) is 75.3 Å². The van der Waals surface area contributed by atoms with Crippen LogP contribution in [0.2, 0.25) is 0 Å². The van der Waals surface area contributed by atoms with Crippen molar-refractivity contribution in [3.8, 4) is 11.5 Å². The van der Waals surface area contributed by atoms with Gasteiger partial charge < -0.3 is 14.5 Å². The minimum Gasteiger partial charge on any atom is -0.395 e. The van der Waals surface area contributed by atoms with Crippen LogP contribution < -0.4 is 4.90 Å². The number of benzene rings is 1. The van der Waals surface area contributed by atoms with Gasteiger partial charge in [-0.15, -0.1) is 0 Å². The van der Waals surface area contributed by atoms with Crippen LogP contribution in [-0.2, 0) is 5.41 Å². The Morgan fingerprint density at radius 1 is 1.21 bits per heavy atom. The van der Waals surface area contributed by atoms with Crippen LogP contribution in [0.15, 0.2) is 53.2 Å². The third-order valence-corrected chi connectivity index (χ3v) is 5.54. The molecule has 0 radical (unpaired) electrons. The standard InChI is InChI=1S/C22H26N4O2/c1-16(2)20-24-21(28-25-20)17-9-11-23-19(13-17)26-12-6-10-22(14-26,15-27)18-7-4-3-5-8-18/h3-5,7-9,11,13,16,27H,6,10,12,14-15H2,1-2H3/t22-/m0/s1. The average Bonchev–Trinajstić information content (AvgIpc) is 3.25. The molecule has 6 heteroatoms. The van der Waals surface area contributed by atoms with Crippen LogP contribution in [-0.4, -0.2) is 39.9 Å². The van der Waals surface area contributed by atoms with Crippen LogP contribution in [0.5, 0.6) is 0 Å². The maximum absolute atomic E-state index is 10.3. The Hall–Kier alpha value is -2.73. The first-order chi connectivity index (χ1) is 13.6. The van der Waals surface area contributed by atoms with E-state index >= 15 is 0 Å². The molecule has 0 aliphatic carbocycles. The summed E-state index contributed by atoms with van der Waals surface area (Å²) < 4.78 is 5.44. The van der Waals surface area contributed by atoms with Crippen molar-refractivity contribution in [3.63, 3.8) is 0 Å². The van der Waals surface area contributed by atoms with Crippen LogP contribution in [0.4, 0.5) is 5.82 Å². The molecule has 0 bridgehead atoms. The molecule has 146 valence electrons. The lowest BCUT2D eigenvalue weighted by Crippen LogP contribution is -2.48. The maximum atomic E-state index is 10.3. The SMILES string of the molecule is CC(C)c1noc(-c2ccnc(N3CCC[C@](CO)(c4ccccc4)C3)c2)n1. The number of hydrogen-bond donors (Lipinski definition) is 1. The van der Waals surface area contributed by atoms with Crippen LogP contribution in [0, 0.1) is 0 Å². The quantitative estimate of drug-likeness (QED) is 0.728. The summed E-state index contributed by atoms with van der Waals surface area (Å²) in [4.78, 5) is 11.3. The van der Waals surface area contributed by atoms with Crippen molar-refractivity contribution in [3.05, 3.63) is 60.0 Å². The van der Waals surface area contributed by atoms with Gasteiger partial charge in [0.1, 0.15) is 5.82 Å². The molecule has 1 atom stereocenters. The molecule has 0 saturated carbocycles. The van der Waals surface area contributed by atoms with Gasteiger partial charge in [0.05, 0.1) is 6.61 Å². The summed E-state index contributed by atoms with van der Waals surface area (Å²) in [5.41, 5.74) is 1.77. The number of aliphatic hydroxyl groups is 1. The molecule has 3 aromatic rings. The second-order valence-electron chi connectivity index (χ2n) is 7.84.